The van der Waals surface area contributed by atoms with Gasteiger partial charge in [-0.3, -0.25) is 0 Å². The van der Waals surface area contributed by atoms with Crippen LogP contribution in [0, 0.1) is 0 Å². The Kier molecular flexibility index (Phi) is 1.16. The highest BCUT2D eigenvalue weighted by Crippen LogP contribution is 2.17. The average molecular weight is 137 g/mol. The molecule has 4 nitrogen and oxygen atoms in total. The molecule has 0 bridgehead atoms. The fraction of sp³-hybridized carbons (Fsp3) is 0.333. The number of aliphatic imine (C=N–C) groups is 1. The third-order valence-corrected chi connectivity index (χ3v) is 1.25. The largest absolute Gasteiger partial charge is 0.471 e. The van der Waals surface area contributed by atoms with Crippen molar-refractivity contribution in [3.8, 4) is 0 Å². The highest BCUT2D eigenvalue weighted by molar-refractivity contribution is 5.49. The van der Waals surface area contributed by atoms with E-state index >= 15 is 0 Å². The van der Waals surface area contributed by atoms with E-state index in [1.54, 1.807) is 6.20 Å². The van der Waals surface area contributed by atoms with Gasteiger partial charge < -0.3 is 9.15 Å². The lowest BCUT2D eigenvalue weighted by Gasteiger charge is -1.96. The maximum absolute atomic E-state index is 4.99. The van der Waals surface area contributed by atoms with Crippen molar-refractivity contribution in [1.29, 1.82) is 0 Å². The molecule has 1 atom stereocenters. The molecule has 4 heteroatoms. The second-order valence-corrected chi connectivity index (χ2v) is 1.92. The molecule has 2 heterocycles. The van der Waals surface area contributed by atoms with Gasteiger partial charge in [-0.2, -0.15) is 0 Å². The zero-order valence-corrected chi connectivity index (χ0v) is 5.15. The fourth-order valence-electron chi connectivity index (χ4n) is 0.780. The van der Waals surface area contributed by atoms with E-state index in [2.05, 4.69) is 16.4 Å². The van der Waals surface area contributed by atoms with Gasteiger partial charge in [-0.1, -0.05) is 0 Å². The molecule has 0 saturated carbocycles. The van der Waals surface area contributed by atoms with Gasteiger partial charge >= 0.3 is 0 Å². The van der Waals surface area contributed by atoms with E-state index < -0.39 is 0 Å². The van der Waals surface area contributed by atoms with Crippen LogP contribution in [-0.2, 0) is 4.74 Å². The van der Waals surface area contributed by atoms with E-state index in [1.165, 1.54) is 6.26 Å². The molecule has 0 spiro atoms. The lowest BCUT2D eigenvalue weighted by atomic mass is 10.3. The topological polar surface area (TPSA) is 47.6 Å². The van der Waals surface area contributed by atoms with E-state index in [-0.39, 0.29) is 6.04 Å². The third-order valence-electron chi connectivity index (χ3n) is 1.25. The highest BCUT2D eigenvalue weighted by Gasteiger charge is 2.18. The van der Waals surface area contributed by atoms with Crippen molar-refractivity contribution in [3.63, 3.8) is 0 Å². The number of aromatic nitrogens is 1. The van der Waals surface area contributed by atoms with Crippen LogP contribution in [0.4, 0.5) is 0 Å². The molecule has 1 unspecified atom stereocenters. The molecular weight excluding hydrogens is 132 g/mol. The molecule has 2 rings (SSSR count). The molecule has 1 aliphatic rings. The van der Waals surface area contributed by atoms with Crippen LogP contribution in [-0.4, -0.2) is 18.0 Å². The zero-order chi connectivity index (χ0) is 6.81. The molecule has 10 heavy (non-hydrogen) atoms. The monoisotopic (exact) mass is 137 g/mol. The van der Waals surface area contributed by atoms with Gasteiger partial charge in [0.15, 0.2) is 6.04 Å². The second kappa shape index (κ2) is 2.13. The number of nitrogens with zero attached hydrogens (tertiary/aromatic N) is 2. The fourth-order valence-corrected chi connectivity index (χ4v) is 0.780. The van der Waals surface area contributed by atoms with Crippen molar-refractivity contribution < 1.29 is 9.15 Å². The van der Waals surface area contributed by atoms with Crippen LogP contribution in [0.2, 0.25) is 0 Å². The highest BCUT2D eigenvalue weighted by atomic mass is 16.5. The van der Waals surface area contributed by atoms with Gasteiger partial charge in [0.25, 0.3) is 6.40 Å². The van der Waals surface area contributed by atoms with Gasteiger partial charge in [0.05, 0.1) is 6.20 Å². The summed E-state index contributed by atoms with van der Waals surface area (Å²) in [5.41, 5.74) is 0. The number of hydrogen-bond donors (Lipinski definition) is 0. The van der Waals surface area contributed by atoms with Gasteiger partial charge in [0, 0.05) is 0 Å². The predicted octanol–water partition coefficient (Wildman–Crippen LogP) is 0.651. The molecule has 0 saturated heterocycles. The third kappa shape index (κ3) is 0.775. The quantitative estimate of drug-likeness (QED) is 0.571. The Labute approximate surface area is 57.5 Å². The molecule has 1 radical (unpaired) electrons. The average Bonchev–Trinajstić information content (AvgIpc) is 2.59. The maximum Gasteiger partial charge on any atom is 0.274 e. The summed E-state index contributed by atoms with van der Waals surface area (Å²) >= 11 is 0. The molecule has 0 fully saturated rings. The molecule has 1 aromatic heterocycles. The van der Waals surface area contributed by atoms with Crippen molar-refractivity contribution >= 4 is 6.40 Å². The van der Waals surface area contributed by atoms with E-state index in [1.807, 2.05) is 0 Å². The number of oxazole rings is 1. The Bertz CT molecular complexity index is 230. The van der Waals surface area contributed by atoms with Gasteiger partial charge in [0.2, 0.25) is 5.89 Å². The van der Waals surface area contributed by atoms with E-state index in [0.717, 1.165) is 0 Å². The van der Waals surface area contributed by atoms with Crippen molar-refractivity contribution in [1.82, 2.24) is 4.98 Å². The molecule has 1 aromatic rings. The van der Waals surface area contributed by atoms with Crippen LogP contribution in [0.5, 0.6) is 0 Å². The summed E-state index contributed by atoms with van der Waals surface area (Å²) < 4.78 is 9.76. The molecule has 1 aliphatic heterocycles. The molecule has 0 aliphatic carbocycles. The minimum absolute atomic E-state index is 0.0880. The van der Waals surface area contributed by atoms with Crippen molar-refractivity contribution in [2.75, 3.05) is 6.61 Å². The Morgan fingerprint density at radius 2 is 2.70 bits per heavy atom. The Balaban J connectivity index is 2.20. The maximum atomic E-state index is 4.99. The molecule has 51 valence electrons. The number of hydrogen-bond acceptors (Lipinski definition) is 4. The first-order valence-electron chi connectivity index (χ1n) is 2.93. The van der Waals surface area contributed by atoms with Crippen LogP contribution >= 0.6 is 0 Å². The van der Waals surface area contributed by atoms with Crippen LogP contribution in [0.15, 0.2) is 21.9 Å². The van der Waals surface area contributed by atoms with Crippen LogP contribution < -0.4 is 0 Å². The second-order valence-electron chi connectivity index (χ2n) is 1.92. The Morgan fingerprint density at radius 3 is 3.30 bits per heavy atom. The van der Waals surface area contributed by atoms with Gasteiger partial charge in [0.1, 0.15) is 12.9 Å². The summed E-state index contributed by atoms with van der Waals surface area (Å²) in [6, 6.07) is -0.0880. The first kappa shape index (κ1) is 5.46. The molecular formula is C6H5N2O2. The van der Waals surface area contributed by atoms with E-state index in [9.17, 15) is 0 Å². The zero-order valence-electron chi connectivity index (χ0n) is 5.15. The van der Waals surface area contributed by atoms with Crippen molar-refractivity contribution in [2.45, 2.75) is 6.04 Å². The summed E-state index contributed by atoms with van der Waals surface area (Å²) in [5.74, 6) is 0.588. The minimum atomic E-state index is -0.0880. The molecule has 0 N–H and O–H groups in total. The number of rotatable bonds is 1. The standard InChI is InChI=1S/C6H5N2O2/c1-2-10-6(7-1)5-3-9-4-8-5/h1-2,5H,3H2. The lowest BCUT2D eigenvalue weighted by molar-refractivity contribution is 0.307. The lowest BCUT2D eigenvalue weighted by Crippen LogP contribution is -1.96. The Hall–Kier alpha value is -1.32. The first-order valence-corrected chi connectivity index (χ1v) is 2.93. The molecule has 0 aromatic carbocycles. The van der Waals surface area contributed by atoms with Crippen LogP contribution in [0.1, 0.15) is 11.9 Å². The normalized spacial score (nSPS) is 23.0. The summed E-state index contributed by atoms with van der Waals surface area (Å²) in [4.78, 5) is 7.77. The van der Waals surface area contributed by atoms with Gasteiger partial charge in [-0.25, -0.2) is 9.98 Å². The van der Waals surface area contributed by atoms with Crippen molar-refractivity contribution in [2.24, 2.45) is 4.99 Å². The van der Waals surface area contributed by atoms with Gasteiger partial charge in [-0.15, -0.1) is 0 Å². The SMILES string of the molecule is [C]1=NC(c2ncco2)CO1. The summed E-state index contributed by atoms with van der Waals surface area (Å²) in [6.07, 6.45) is 5.49. The summed E-state index contributed by atoms with van der Waals surface area (Å²) in [5, 5.41) is 0. The summed E-state index contributed by atoms with van der Waals surface area (Å²) in [7, 11) is 0. The van der Waals surface area contributed by atoms with E-state index in [4.69, 9.17) is 9.15 Å². The molecule has 0 amide bonds. The summed E-state index contributed by atoms with van der Waals surface area (Å²) in [6.45, 7) is 0.487. The van der Waals surface area contributed by atoms with Crippen LogP contribution in [0.25, 0.3) is 0 Å². The smallest absolute Gasteiger partial charge is 0.274 e. The van der Waals surface area contributed by atoms with Gasteiger partial charge in [-0.05, 0) is 0 Å². The number of ether oxygens (including phenoxy) is 1. The van der Waals surface area contributed by atoms with Crippen LogP contribution in [0.3, 0.4) is 0 Å². The predicted molar refractivity (Wildman–Crippen MR) is 32.6 cm³/mol. The Morgan fingerprint density at radius 1 is 1.70 bits per heavy atom. The minimum Gasteiger partial charge on any atom is -0.471 e. The first-order chi connectivity index (χ1) is 4.97. The van der Waals surface area contributed by atoms with E-state index in [0.29, 0.717) is 12.5 Å². The van der Waals surface area contributed by atoms with Crippen molar-refractivity contribution in [3.05, 3.63) is 18.4 Å².